The molecule has 0 aromatic carbocycles. The van der Waals surface area contributed by atoms with E-state index in [2.05, 4.69) is 38.0 Å². The van der Waals surface area contributed by atoms with Gasteiger partial charge in [-0.3, -0.25) is 4.79 Å². The SMILES string of the molecule is C=CCNC(=O)CSc1nnc(-c2cc(Br)cs2)n1CC. The monoisotopic (exact) mass is 386 g/mol. The van der Waals surface area contributed by atoms with Crippen LogP contribution in [0.15, 0.2) is 33.7 Å². The van der Waals surface area contributed by atoms with Gasteiger partial charge in [-0.2, -0.15) is 0 Å². The lowest BCUT2D eigenvalue weighted by molar-refractivity contribution is -0.118. The lowest BCUT2D eigenvalue weighted by atomic mass is 10.4. The summed E-state index contributed by atoms with van der Waals surface area (Å²) >= 11 is 6.44. The van der Waals surface area contributed by atoms with E-state index in [1.165, 1.54) is 11.8 Å². The number of carbonyl (C=O) groups is 1. The lowest BCUT2D eigenvalue weighted by Gasteiger charge is -2.06. The minimum absolute atomic E-state index is 0.0361. The summed E-state index contributed by atoms with van der Waals surface area (Å²) in [5, 5.41) is 13.9. The van der Waals surface area contributed by atoms with E-state index >= 15 is 0 Å². The number of hydrogen-bond acceptors (Lipinski definition) is 5. The Morgan fingerprint density at radius 3 is 3.05 bits per heavy atom. The van der Waals surface area contributed by atoms with E-state index in [9.17, 15) is 4.79 Å². The summed E-state index contributed by atoms with van der Waals surface area (Å²) < 4.78 is 3.05. The van der Waals surface area contributed by atoms with Gasteiger partial charge in [-0.1, -0.05) is 17.8 Å². The number of carbonyl (C=O) groups excluding carboxylic acids is 1. The van der Waals surface area contributed by atoms with Crippen molar-refractivity contribution >= 4 is 44.9 Å². The standard InChI is InChI=1S/C13H15BrN4OS2/c1-3-5-15-11(19)8-21-13-17-16-12(18(13)4-2)10-6-9(14)7-20-10/h3,6-7H,1,4-5,8H2,2H3,(H,15,19). The van der Waals surface area contributed by atoms with Crippen molar-refractivity contribution in [1.82, 2.24) is 20.1 Å². The van der Waals surface area contributed by atoms with Crippen molar-refractivity contribution in [3.63, 3.8) is 0 Å². The maximum absolute atomic E-state index is 11.6. The van der Waals surface area contributed by atoms with E-state index in [-0.39, 0.29) is 5.91 Å². The molecule has 0 saturated carbocycles. The maximum Gasteiger partial charge on any atom is 0.230 e. The van der Waals surface area contributed by atoms with Crippen LogP contribution in [0.4, 0.5) is 0 Å². The molecule has 8 heteroatoms. The van der Waals surface area contributed by atoms with Gasteiger partial charge in [-0.15, -0.1) is 28.1 Å². The number of thiophene rings is 1. The molecule has 0 aliphatic heterocycles. The number of aromatic nitrogens is 3. The molecule has 0 aliphatic carbocycles. The Bertz CT molecular complexity index is 638. The molecule has 0 atom stereocenters. The molecule has 1 amide bonds. The number of hydrogen-bond donors (Lipinski definition) is 1. The first-order chi connectivity index (χ1) is 10.2. The smallest absolute Gasteiger partial charge is 0.230 e. The molecule has 2 aromatic heterocycles. The molecule has 0 saturated heterocycles. The Balaban J connectivity index is 2.09. The summed E-state index contributed by atoms with van der Waals surface area (Å²) in [6, 6.07) is 2.02. The number of halogens is 1. The van der Waals surface area contributed by atoms with Crippen molar-refractivity contribution in [1.29, 1.82) is 0 Å². The fraction of sp³-hybridized carbons (Fsp3) is 0.308. The van der Waals surface area contributed by atoms with E-state index in [1.807, 2.05) is 22.9 Å². The Morgan fingerprint density at radius 2 is 2.43 bits per heavy atom. The van der Waals surface area contributed by atoms with Crippen LogP contribution >= 0.6 is 39.0 Å². The summed E-state index contributed by atoms with van der Waals surface area (Å²) in [6.07, 6.45) is 1.66. The first-order valence-corrected chi connectivity index (χ1v) is 8.99. The van der Waals surface area contributed by atoms with Gasteiger partial charge in [0.15, 0.2) is 11.0 Å². The number of amides is 1. The molecule has 2 heterocycles. The van der Waals surface area contributed by atoms with Gasteiger partial charge in [-0.05, 0) is 28.9 Å². The van der Waals surface area contributed by atoms with Crippen molar-refractivity contribution in [2.45, 2.75) is 18.6 Å². The normalized spacial score (nSPS) is 10.6. The van der Waals surface area contributed by atoms with Gasteiger partial charge in [0.1, 0.15) is 0 Å². The zero-order valence-electron chi connectivity index (χ0n) is 11.5. The van der Waals surface area contributed by atoms with E-state index in [0.717, 1.165) is 26.9 Å². The van der Waals surface area contributed by atoms with E-state index < -0.39 is 0 Å². The largest absolute Gasteiger partial charge is 0.352 e. The minimum Gasteiger partial charge on any atom is -0.352 e. The zero-order chi connectivity index (χ0) is 15.2. The Kier molecular flexibility index (Phi) is 6.01. The van der Waals surface area contributed by atoms with Crippen LogP contribution in [0, 0.1) is 0 Å². The van der Waals surface area contributed by atoms with Crippen molar-refractivity contribution in [3.05, 3.63) is 28.6 Å². The van der Waals surface area contributed by atoms with Crippen LogP contribution < -0.4 is 5.32 Å². The molecule has 2 aromatic rings. The fourth-order valence-corrected chi connectivity index (χ4v) is 3.91. The Labute approximate surface area is 140 Å². The minimum atomic E-state index is -0.0361. The molecule has 0 bridgehead atoms. The average Bonchev–Trinajstić information content (AvgIpc) is 3.08. The number of thioether (sulfide) groups is 1. The molecular formula is C13H15BrN4OS2. The van der Waals surface area contributed by atoms with Gasteiger partial charge in [0.2, 0.25) is 5.91 Å². The van der Waals surface area contributed by atoms with Crippen LogP contribution in [0.5, 0.6) is 0 Å². The second-order valence-corrected chi connectivity index (χ2v) is 6.83. The van der Waals surface area contributed by atoms with Crippen LogP contribution in [0.3, 0.4) is 0 Å². The molecule has 112 valence electrons. The predicted octanol–water partition coefficient (Wildman–Crippen LogP) is 3.18. The van der Waals surface area contributed by atoms with Gasteiger partial charge in [0.25, 0.3) is 0 Å². The average molecular weight is 387 g/mol. The van der Waals surface area contributed by atoms with Crippen LogP contribution in [0.1, 0.15) is 6.92 Å². The van der Waals surface area contributed by atoms with Crippen molar-refractivity contribution in [2.24, 2.45) is 0 Å². The first-order valence-electron chi connectivity index (χ1n) is 6.33. The highest BCUT2D eigenvalue weighted by Gasteiger charge is 2.15. The van der Waals surface area contributed by atoms with Gasteiger partial charge in [0.05, 0.1) is 10.6 Å². The summed E-state index contributed by atoms with van der Waals surface area (Å²) in [4.78, 5) is 12.7. The van der Waals surface area contributed by atoms with Gasteiger partial charge in [0, 0.05) is 22.9 Å². The highest BCUT2D eigenvalue weighted by Crippen LogP contribution is 2.30. The van der Waals surface area contributed by atoms with E-state index in [0.29, 0.717) is 12.3 Å². The highest BCUT2D eigenvalue weighted by molar-refractivity contribution is 9.10. The van der Waals surface area contributed by atoms with Gasteiger partial charge in [-0.25, -0.2) is 0 Å². The summed E-state index contributed by atoms with van der Waals surface area (Å²) in [5.74, 6) is 1.12. The molecule has 0 aliphatic rings. The number of nitrogens with zero attached hydrogens (tertiary/aromatic N) is 3. The summed E-state index contributed by atoms with van der Waals surface area (Å²) in [5.41, 5.74) is 0. The highest BCUT2D eigenvalue weighted by atomic mass is 79.9. The van der Waals surface area contributed by atoms with Crippen LogP contribution in [-0.2, 0) is 11.3 Å². The molecular weight excluding hydrogens is 372 g/mol. The van der Waals surface area contributed by atoms with Crippen LogP contribution in [-0.4, -0.2) is 33.0 Å². The third-order valence-corrected chi connectivity index (χ3v) is 5.25. The summed E-state index contributed by atoms with van der Waals surface area (Å²) in [6.45, 7) is 6.84. The molecule has 21 heavy (non-hydrogen) atoms. The van der Waals surface area contributed by atoms with E-state index in [4.69, 9.17) is 0 Å². The molecule has 5 nitrogen and oxygen atoms in total. The lowest BCUT2D eigenvalue weighted by Crippen LogP contribution is -2.25. The number of rotatable bonds is 7. The maximum atomic E-state index is 11.6. The third-order valence-electron chi connectivity index (χ3n) is 2.60. The van der Waals surface area contributed by atoms with Crippen LogP contribution in [0.2, 0.25) is 0 Å². The second kappa shape index (κ2) is 7.77. The third kappa shape index (κ3) is 4.18. The topological polar surface area (TPSA) is 59.8 Å². The molecule has 0 spiro atoms. The Hall–Kier alpha value is -1.12. The quantitative estimate of drug-likeness (QED) is 0.586. The fourth-order valence-electron chi connectivity index (χ4n) is 1.66. The van der Waals surface area contributed by atoms with Crippen molar-refractivity contribution in [2.75, 3.05) is 12.3 Å². The molecule has 2 rings (SSSR count). The zero-order valence-corrected chi connectivity index (χ0v) is 14.7. The second-order valence-electron chi connectivity index (χ2n) is 4.06. The van der Waals surface area contributed by atoms with E-state index in [1.54, 1.807) is 17.4 Å². The predicted molar refractivity (Wildman–Crippen MR) is 90.6 cm³/mol. The molecule has 0 fully saturated rings. The molecule has 1 N–H and O–H groups in total. The van der Waals surface area contributed by atoms with Gasteiger partial charge >= 0.3 is 0 Å². The number of nitrogens with one attached hydrogen (secondary N) is 1. The van der Waals surface area contributed by atoms with Gasteiger partial charge < -0.3 is 9.88 Å². The Morgan fingerprint density at radius 1 is 1.62 bits per heavy atom. The molecule has 0 unspecified atom stereocenters. The summed E-state index contributed by atoms with van der Waals surface area (Å²) in [7, 11) is 0. The first kappa shape index (κ1) is 16.3. The van der Waals surface area contributed by atoms with Crippen molar-refractivity contribution in [3.8, 4) is 10.7 Å². The van der Waals surface area contributed by atoms with Crippen LogP contribution in [0.25, 0.3) is 10.7 Å². The molecule has 0 radical (unpaired) electrons. The van der Waals surface area contributed by atoms with Crippen molar-refractivity contribution < 1.29 is 4.79 Å².